The Labute approximate surface area is 104 Å². The summed E-state index contributed by atoms with van der Waals surface area (Å²) in [4.78, 5) is 10.7. The fourth-order valence-electron chi connectivity index (χ4n) is 1.51. The number of carbonyl (C=O) groups excluding carboxylic acids is 1. The van der Waals surface area contributed by atoms with Gasteiger partial charge in [0.25, 0.3) is 0 Å². The molecule has 0 saturated carbocycles. The summed E-state index contributed by atoms with van der Waals surface area (Å²) in [6.45, 7) is 9.28. The Bertz CT molecular complexity index is 358. The van der Waals surface area contributed by atoms with Crippen LogP contribution in [0.4, 0.5) is 0 Å². The zero-order chi connectivity index (χ0) is 12.9. The first-order valence-corrected chi connectivity index (χ1v) is 6.06. The van der Waals surface area contributed by atoms with Gasteiger partial charge in [0.1, 0.15) is 5.78 Å². The van der Waals surface area contributed by atoms with Crippen molar-refractivity contribution in [2.45, 2.75) is 46.1 Å². The molecule has 2 nitrogen and oxygen atoms in total. The van der Waals surface area contributed by atoms with E-state index in [1.807, 2.05) is 0 Å². The van der Waals surface area contributed by atoms with E-state index in [0.29, 0.717) is 19.6 Å². The first-order chi connectivity index (χ1) is 7.89. The minimum Gasteiger partial charge on any atom is -0.376 e. The van der Waals surface area contributed by atoms with Gasteiger partial charge >= 0.3 is 0 Å². The molecule has 17 heavy (non-hydrogen) atoms. The molecule has 0 unspecified atom stereocenters. The van der Waals surface area contributed by atoms with Crippen molar-refractivity contribution in [1.82, 2.24) is 0 Å². The maximum atomic E-state index is 10.7. The van der Waals surface area contributed by atoms with Gasteiger partial charge in [0.2, 0.25) is 0 Å². The lowest BCUT2D eigenvalue weighted by molar-refractivity contribution is -0.118. The van der Waals surface area contributed by atoms with E-state index >= 15 is 0 Å². The maximum Gasteiger partial charge on any atom is 0.132 e. The molecule has 2 heteroatoms. The Morgan fingerprint density at radius 2 is 1.76 bits per heavy atom. The third kappa shape index (κ3) is 5.14. The highest BCUT2D eigenvalue weighted by molar-refractivity contribution is 5.75. The van der Waals surface area contributed by atoms with Crippen molar-refractivity contribution in [1.29, 1.82) is 0 Å². The van der Waals surface area contributed by atoms with Crippen molar-refractivity contribution in [3.63, 3.8) is 0 Å². The third-order valence-corrected chi connectivity index (χ3v) is 2.69. The summed E-state index contributed by atoms with van der Waals surface area (Å²) in [6, 6.07) is 8.47. The summed E-state index contributed by atoms with van der Waals surface area (Å²) in [7, 11) is 0. The molecule has 0 aliphatic carbocycles. The van der Waals surface area contributed by atoms with Crippen LogP contribution in [0.25, 0.3) is 0 Å². The molecule has 0 fully saturated rings. The average Bonchev–Trinajstić information content (AvgIpc) is 2.23. The van der Waals surface area contributed by atoms with Crippen molar-refractivity contribution in [2.75, 3.05) is 6.61 Å². The molecule has 1 rings (SSSR count). The van der Waals surface area contributed by atoms with Crippen LogP contribution in [0.3, 0.4) is 0 Å². The van der Waals surface area contributed by atoms with E-state index < -0.39 is 0 Å². The lowest BCUT2D eigenvalue weighted by Gasteiger charge is -2.19. The van der Waals surface area contributed by atoms with Gasteiger partial charge in [-0.3, -0.25) is 4.79 Å². The van der Waals surface area contributed by atoms with Crippen molar-refractivity contribution in [3.8, 4) is 0 Å². The second-order valence-corrected chi connectivity index (χ2v) is 5.45. The van der Waals surface area contributed by atoms with E-state index in [0.717, 1.165) is 5.56 Å². The second kappa shape index (κ2) is 5.97. The van der Waals surface area contributed by atoms with Gasteiger partial charge in [-0.1, -0.05) is 45.0 Å². The van der Waals surface area contributed by atoms with Crippen LogP contribution in [-0.4, -0.2) is 12.4 Å². The molecule has 0 aliphatic rings. The summed E-state index contributed by atoms with van der Waals surface area (Å²) in [5.41, 5.74) is 2.67. The number of hydrogen-bond acceptors (Lipinski definition) is 2. The fraction of sp³-hybridized carbons (Fsp3) is 0.533. The van der Waals surface area contributed by atoms with Crippen LogP contribution >= 0.6 is 0 Å². The number of benzene rings is 1. The van der Waals surface area contributed by atoms with Crippen LogP contribution in [-0.2, 0) is 21.6 Å². The first-order valence-electron chi connectivity index (χ1n) is 6.06. The molecule has 0 spiro atoms. The van der Waals surface area contributed by atoms with Gasteiger partial charge in [0.15, 0.2) is 0 Å². The van der Waals surface area contributed by atoms with E-state index in [4.69, 9.17) is 4.74 Å². The molecular weight excluding hydrogens is 212 g/mol. The summed E-state index contributed by atoms with van der Waals surface area (Å²) in [5.74, 6) is 0.174. The van der Waals surface area contributed by atoms with Crippen molar-refractivity contribution in [3.05, 3.63) is 35.4 Å². The lowest BCUT2D eigenvalue weighted by atomic mass is 9.87. The molecule has 1 aromatic carbocycles. The molecule has 0 aliphatic heterocycles. The van der Waals surface area contributed by atoms with Gasteiger partial charge in [-0.2, -0.15) is 0 Å². The molecule has 0 saturated heterocycles. The molecule has 0 radical (unpaired) electrons. The average molecular weight is 234 g/mol. The third-order valence-electron chi connectivity index (χ3n) is 2.69. The van der Waals surface area contributed by atoms with E-state index in [9.17, 15) is 4.79 Å². The molecule has 0 bridgehead atoms. The molecule has 0 amide bonds. The summed E-state index contributed by atoms with van der Waals surface area (Å²) in [6.07, 6.45) is 0.500. The minimum absolute atomic E-state index is 0.174. The Balaban J connectivity index is 2.43. The highest BCUT2D eigenvalue weighted by Gasteiger charge is 2.12. The van der Waals surface area contributed by atoms with E-state index in [1.54, 1.807) is 6.92 Å². The fourth-order valence-corrected chi connectivity index (χ4v) is 1.51. The van der Waals surface area contributed by atoms with Crippen molar-refractivity contribution < 1.29 is 9.53 Å². The first kappa shape index (κ1) is 13.9. The number of ether oxygens (including phenoxy) is 1. The van der Waals surface area contributed by atoms with Gasteiger partial charge in [0, 0.05) is 6.42 Å². The largest absolute Gasteiger partial charge is 0.376 e. The summed E-state index contributed by atoms with van der Waals surface area (Å²) >= 11 is 0. The van der Waals surface area contributed by atoms with Gasteiger partial charge in [-0.15, -0.1) is 0 Å². The zero-order valence-electron chi connectivity index (χ0n) is 11.2. The normalized spacial score (nSPS) is 11.5. The van der Waals surface area contributed by atoms with E-state index in [-0.39, 0.29) is 11.2 Å². The van der Waals surface area contributed by atoms with Crippen LogP contribution < -0.4 is 0 Å². The quantitative estimate of drug-likeness (QED) is 0.729. The molecule has 0 N–H and O–H groups in total. The maximum absolute atomic E-state index is 10.7. The van der Waals surface area contributed by atoms with Gasteiger partial charge in [0.05, 0.1) is 13.2 Å². The minimum atomic E-state index is 0.174. The van der Waals surface area contributed by atoms with E-state index in [1.165, 1.54) is 5.56 Å². The van der Waals surface area contributed by atoms with Crippen LogP contribution in [0.2, 0.25) is 0 Å². The number of carbonyl (C=O) groups is 1. The van der Waals surface area contributed by atoms with Gasteiger partial charge in [-0.25, -0.2) is 0 Å². The molecular formula is C15H22O2. The van der Waals surface area contributed by atoms with Crippen LogP contribution in [0.15, 0.2) is 24.3 Å². The van der Waals surface area contributed by atoms with Crippen molar-refractivity contribution in [2.24, 2.45) is 0 Å². The number of ketones is 1. The molecule has 0 atom stereocenters. The van der Waals surface area contributed by atoms with Crippen LogP contribution in [0.5, 0.6) is 0 Å². The number of rotatable bonds is 5. The van der Waals surface area contributed by atoms with Gasteiger partial charge < -0.3 is 4.74 Å². The number of hydrogen-bond donors (Lipinski definition) is 0. The topological polar surface area (TPSA) is 26.3 Å². The Morgan fingerprint density at radius 1 is 1.18 bits per heavy atom. The van der Waals surface area contributed by atoms with E-state index in [2.05, 4.69) is 45.0 Å². The molecule has 94 valence electrons. The predicted octanol–water partition coefficient (Wildman–Crippen LogP) is 3.48. The van der Waals surface area contributed by atoms with Crippen LogP contribution in [0, 0.1) is 0 Å². The second-order valence-electron chi connectivity index (χ2n) is 5.45. The molecule has 0 aromatic heterocycles. The van der Waals surface area contributed by atoms with Crippen molar-refractivity contribution >= 4 is 5.78 Å². The number of Topliss-reactive ketones (excluding diaryl/α,β-unsaturated/α-hetero) is 1. The SMILES string of the molecule is CC(=O)CCOCc1ccc(C(C)(C)C)cc1. The standard InChI is InChI=1S/C15H22O2/c1-12(16)9-10-17-11-13-5-7-14(8-6-13)15(2,3)4/h5-8H,9-11H2,1-4H3. The molecule has 1 aromatic rings. The highest BCUT2D eigenvalue weighted by Crippen LogP contribution is 2.22. The van der Waals surface area contributed by atoms with Crippen LogP contribution in [0.1, 0.15) is 45.2 Å². The highest BCUT2D eigenvalue weighted by atomic mass is 16.5. The zero-order valence-corrected chi connectivity index (χ0v) is 11.2. The van der Waals surface area contributed by atoms with Gasteiger partial charge in [-0.05, 0) is 23.5 Å². The Hall–Kier alpha value is -1.15. The lowest BCUT2D eigenvalue weighted by Crippen LogP contribution is -2.10. The molecule has 0 heterocycles. The Morgan fingerprint density at radius 3 is 2.24 bits per heavy atom. The summed E-state index contributed by atoms with van der Waals surface area (Å²) < 4.78 is 5.44. The summed E-state index contributed by atoms with van der Waals surface area (Å²) in [5, 5.41) is 0. The monoisotopic (exact) mass is 234 g/mol. The Kier molecular flexibility index (Phi) is 4.88. The predicted molar refractivity (Wildman–Crippen MR) is 70.1 cm³/mol. The smallest absolute Gasteiger partial charge is 0.132 e.